The Morgan fingerprint density at radius 3 is 2.70 bits per heavy atom. The van der Waals surface area contributed by atoms with Gasteiger partial charge in [0.15, 0.2) is 0 Å². The first-order valence-corrected chi connectivity index (χ1v) is 7.35. The maximum absolute atomic E-state index is 10.8. The maximum Gasteiger partial charge on any atom is 0.235 e. The van der Waals surface area contributed by atoms with Crippen LogP contribution < -0.4 is 4.74 Å². The minimum atomic E-state index is -0.458. The lowest BCUT2D eigenvalue weighted by atomic mass is 9.70. The number of halogens is 1. The summed E-state index contributed by atoms with van der Waals surface area (Å²) in [6.07, 6.45) is 4.55. The molecular weight excluding hydrogens is 318 g/mol. The first kappa shape index (κ1) is 13.3. The van der Waals surface area contributed by atoms with Crippen LogP contribution in [0.25, 0.3) is 10.8 Å². The molecule has 2 aromatic rings. The van der Waals surface area contributed by atoms with Gasteiger partial charge in [-0.25, -0.2) is 4.79 Å². The van der Waals surface area contributed by atoms with Gasteiger partial charge in [0.2, 0.25) is 6.08 Å². The van der Waals surface area contributed by atoms with E-state index >= 15 is 0 Å². The van der Waals surface area contributed by atoms with Crippen molar-refractivity contribution in [2.24, 2.45) is 4.99 Å². The van der Waals surface area contributed by atoms with Gasteiger partial charge in [-0.15, -0.1) is 0 Å². The molecular formula is C16H14BrNO2. The van der Waals surface area contributed by atoms with Gasteiger partial charge in [0.1, 0.15) is 11.3 Å². The predicted molar refractivity (Wildman–Crippen MR) is 81.9 cm³/mol. The van der Waals surface area contributed by atoms with Crippen LogP contribution in [0, 0.1) is 0 Å². The summed E-state index contributed by atoms with van der Waals surface area (Å²) in [6, 6.07) is 10.1. The molecule has 0 spiro atoms. The van der Waals surface area contributed by atoms with Crippen molar-refractivity contribution in [1.29, 1.82) is 0 Å². The molecule has 0 unspecified atom stereocenters. The Labute approximate surface area is 125 Å². The lowest BCUT2D eigenvalue weighted by Crippen LogP contribution is -2.32. The van der Waals surface area contributed by atoms with Crippen LogP contribution in [-0.4, -0.2) is 13.2 Å². The fourth-order valence-electron chi connectivity index (χ4n) is 2.95. The summed E-state index contributed by atoms with van der Waals surface area (Å²) in [5.41, 5.74) is 0.556. The van der Waals surface area contributed by atoms with Crippen LogP contribution in [-0.2, 0) is 10.3 Å². The van der Waals surface area contributed by atoms with E-state index in [0.717, 1.165) is 45.8 Å². The molecule has 102 valence electrons. The van der Waals surface area contributed by atoms with E-state index in [1.54, 1.807) is 13.2 Å². The second-order valence-corrected chi connectivity index (χ2v) is 6.01. The van der Waals surface area contributed by atoms with Gasteiger partial charge in [0, 0.05) is 10.0 Å². The average molecular weight is 332 g/mol. The molecule has 2 aromatic carbocycles. The Balaban J connectivity index is 2.34. The molecule has 1 fully saturated rings. The van der Waals surface area contributed by atoms with Gasteiger partial charge in [0.05, 0.1) is 7.11 Å². The van der Waals surface area contributed by atoms with E-state index < -0.39 is 5.54 Å². The molecule has 20 heavy (non-hydrogen) atoms. The number of benzene rings is 2. The number of carbonyl (C=O) groups excluding carboxylic acids is 1. The third-order valence-corrected chi connectivity index (χ3v) is 4.56. The van der Waals surface area contributed by atoms with Crippen molar-refractivity contribution in [2.45, 2.75) is 24.8 Å². The maximum atomic E-state index is 10.8. The Morgan fingerprint density at radius 1 is 1.30 bits per heavy atom. The summed E-state index contributed by atoms with van der Waals surface area (Å²) in [6.45, 7) is 0. The summed E-state index contributed by atoms with van der Waals surface area (Å²) >= 11 is 3.49. The third-order valence-electron chi connectivity index (χ3n) is 4.07. The van der Waals surface area contributed by atoms with E-state index in [0.29, 0.717) is 0 Å². The van der Waals surface area contributed by atoms with Crippen molar-refractivity contribution in [3.63, 3.8) is 0 Å². The highest BCUT2D eigenvalue weighted by Crippen LogP contribution is 2.50. The van der Waals surface area contributed by atoms with Gasteiger partial charge in [-0.3, -0.25) is 0 Å². The summed E-state index contributed by atoms with van der Waals surface area (Å²) in [7, 11) is 1.65. The molecule has 0 atom stereocenters. The van der Waals surface area contributed by atoms with Crippen LogP contribution >= 0.6 is 15.9 Å². The fourth-order valence-corrected chi connectivity index (χ4v) is 3.33. The lowest BCUT2D eigenvalue weighted by Gasteiger charge is -2.38. The first-order valence-electron chi connectivity index (χ1n) is 6.56. The Bertz CT molecular complexity index is 716. The van der Waals surface area contributed by atoms with Crippen LogP contribution in [0.5, 0.6) is 5.75 Å². The van der Waals surface area contributed by atoms with Gasteiger partial charge >= 0.3 is 0 Å². The Kier molecular flexibility index (Phi) is 3.36. The normalized spacial score (nSPS) is 16.3. The number of hydrogen-bond acceptors (Lipinski definition) is 3. The molecule has 1 saturated carbocycles. The molecule has 3 rings (SSSR count). The molecule has 0 radical (unpaired) electrons. The number of hydrogen-bond donors (Lipinski definition) is 0. The van der Waals surface area contributed by atoms with E-state index in [1.165, 1.54) is 0 Å². The molecule has 0 aromatic heterocycles. The second-order valence-electron chi connectivity index (χ2n) is 5.10. The summed E-state index contributed by atoms with van der Waals surface area (Å²) in [5.74, 6) is 0.790. The van der Waals surface area contributed by atoms with E-state index in [2.05, 4.69) is 33.1 Å². The number of fused-ring (bicyclic) bond motifs is 1. The molecule has 1 aliphatic rings. The number of rotatable bonds is 3. The summed E-state index contributed by atoms with van der Waals surface area (Å²) < 4.78 is 6.54. The van der Waals surface area contributed by atoms with Gasteiger partial charge in [-0.05, 0) is 48.2 Å². The minimum absolute atomic E-state index is 0.458. The van der Waals surface area contributed by atoms with Crippen molar-refractivity contribution in [2.75, 3.05) is 7.11 Å². The van der Waals surface area contributed by atoms with Crippen LogP contribution in [0.2, 0.25) is 0 Å². The van der Waals surface area contributed by atoms with Gasteiger partial charge < -0.3 is 4.74 Å². The Hall–Kier alpha value is -1.64. The molecule has 4 heteroatoms. The summed E-state index contributed by atoms with van der Waals surface area (Å²) in [4.78, 5) is 15.0. The summed E-state index contributed by atoms with van der Waals surface area (Å²) in [5, 5.41) is 2.20. The fraction of sp³-hybridized carbons (Fsp3) is 0.312. The number of aliphatic imine (C=N–C) groups is 1. The van der Waals surface area contributed by atoms with E-state index in [9.17, 15) is 4.79 Å². The van der Waals surface area contributed by atoms with Crippen LogP contribution in [0.3, 0.4) is 0 Å². The standard InChI is InChI=1S/C16H14BrNO2/c1-20-14-6-3-11-9-12(17)4-5-13(11)15(14)16(18-10-19)7-2-8-16/h3-6,9H,2,7-8H2,1H3. The molecule has 1 aliphatic carbocycles. The van der Waals surface area contributed by atoms with Crippen molar-refractivity contribution in [1.82, 2.24) is 0 Å². The molecule has 0 amide bonds. The van der Waals surface area contributed by atoms with Crippen LogP contribution in [0.15, 0.2) is 39.8 Å². The topological polar surface area (TPSA) is 38.7 Å². The largest absolute Gasteiger partial charge is 0.496 e. The number of nitrogens with zero attached hydrogens (tertiary/aromatic N) is 1. The van der Waals surface area contributed by atoms with E-state index in [-0.39, 0.29) is 0 Å². The highest BCUT2D eigenvalue weighted by molar-refractivity contribution is 9.10. The Morgan fingerprint density at radius 2 is 2.10 bits per heavy atom. The van der Waals surface area contributed by atoms with E-state index in [1.807, 2.05) is 18.2 Å². The number of isocyanates is 1. The zero-order chi connectivity index (χ0) is 14.2. The quantitative estimate of drug-likeness (QED) is 0.620. The van der Waals surface area contributed by atoms with Crippen LogP contribution in [0.1, 0.15) is 24.8 Å². The average Bonchev–Trinajstić information content (AvgIpc) is 2.41. The van der Waals surface area contributed by atoms with Gasteiger partial charge in [0.25, 0.3) is 0 Å². The molecule has 3 nitrogen and oxygen atoms in total. The minimum Gasteiger partial charge on any atom is -0.496 e. The van der Waals surface area contributed by atoms with Crippen molar-refractivity contribution in [3.05, 3.63) is 40.4 Å². The molecule has 0 aliphatic heterocycles. The number of methoxy groups -OCH3 is 1. The first-order chi connectivity index (χ1) is 9.70. The van der Waals surface area contributed by atoms with Crippen LogP contribution in [0.4, 0.5) is 0 Å². The SMILES string of the molecule is COc1ccc2cc(Br)ccc2c1C1(N=C=O)CCC1. The third kappa shape index (κ3) is 1.96. The second kappa shape index (κ2) is 5.04. The van der Waals surface area contributed by atoms with Crippen molar-refractivity contribution >= 4 is 32.8 Å². The van der Waals surface area contributed by atoms with Crippen molar-refractivity contribution < 1.29 is 9.53 Å². The van der Waals surface area contributed by atoms with E-state index in [4.69, 9.17) is 4.74 Å². The lowest BCUT2D eigenvalue weighted by molar-refractivity contribution is 0.248. The zero-order valence-electron chi connectivity index (χ0n) is 11.1. The molecule has 0 N–H and O–H groups in total. The smallest absolute Gasteiger partial charge is 0.235 e. The van der Waals surface area contributed by atoms with Crippen molar-refractivity contribution in [3.8, 4) is 5.75 Å². The molecule has 0 saturated heterocycles. The van der Waals surface area contributed by atoms with Gasteiger partial charge in [-0.2, -0.15) is 4.99 Å². The zero-order valence-corrected chi connectivity index (χ0v) is 12.7. The van der Waals surface area contributed by atoms with Gasteiger partial charge in [-0.1, -0.05) is 28.1 Å². The molecule has 0 bridgehead atoms. The highest BCUT2D eigenvalue weighted by Gasteiger charge is 2.42. The predicted octanol–water partition coefficient (Wildman–Crippen LogP) is 4.33. The highest BCUT2D eigenvalue weighted by atomic mass is 79.9. The monoisotopic (exact) mass is 331 g/mol. The number of ether oxygens (including phenoxy) is 1. The molecule has 0 heterocycles.